The highest BCUT2D eigenvalue weighted by Gasteiger charge is 2.08. The summed E-state index contributed by atoms with van der Waals surface area (Å²) in [6, 6.07) is 4.39. The summed E-state index contributed by atoms with van der Waals surface area (Å²) >= 11 is 1.63. The number of aromatic nitrogens is 2. The quantitative estimate of drug-likeness (QED) is 0.813. The Bertz CT molecular complexity index is 539. The van der Waals surface area contributed by atoms with Crippen LogP contribution in [0.3, 0.4) is 0 Å². The Morgan fingerprint density at radius 1 is 1.24 bits per heavy atom. The van der Waals surface area contributed by atoms with E-state index in [9.17, 15) is 0 Å². The summed E-state index contributed by atoms with van der Waals surface area (Å²) in [6.45, 7) is 7.00. The summed E-state index contributed by atoms with van der Waals surface area (Å²) < 4.78 is 0. The van der Waals surface area contributed by atoms with Gasteiger partial charge in [-0.15, -0.1) is 11.3 Å². The van der Waals surface area contributed by atoms with Crippen LogP contribution in [0.15, 0.2) is 23.0 Å². The summed E-state index contributed by atoms with van der Waals surface area (Å²) in [5.41, 5.74) is 5.45. The predicted molar refractivity (Wildman–Crippen MR) is 89.8 cm³/mol. The number of thiazole rings is 1. The first-order valence-corrected chi connectivity index (χ1v) is 8.46. The van der Waals surface area contributed by atoms with E-state index in [1.54, 1.807) is 11.3 Å². The van der Waals surface area contributed by atoms with Gasteiger partial charge in [0.2, 0.25) is 0 Å². The zero-order valence-electron chi connectivity index (χ0n) is 13.1. The van der Waals surface area contributed by atoms with Crippen LogP contribution in [-0.4, -0.2) is 23.6 Å². The smallest absolute Gasteiger partial charge is 0.129 e. The minimum atomic E-state index is 0.798. The third kappa shape index (κ3) is 4.79. The molecule has 0 saturated carbocycles. The molecule has 2 rings (SSSR count). The van der Waals surface area contributed by atoms with Crippen molar-refractivity contribution in [1.29, 1.82) is 0 Å². The molecule has 2 heterocycles. The van der Waals surface area contributed by atoms with Crippen molar-refractivity contribution in [2.45, 2.75) is 39.8 Å². The molecular weight excluding hydrogens is 280 g/mol. The fraction of sp³-hybridized carbons (Fsp3) is 0.500. The van der Waals surface area contributed by atoms with Gasteiger partial charge in [0.05, 0.1) is 17.7 Å². The van der Waals surface area contributed by atoms with E-state index in [2.05, 4.69) is 53.6 Å². The molecule has 21 heavy (non-hydrogen) atoms. The molecule has 0 saturated heterocycles. The maximum Gasteiger partial charge on any atom is 0.129 e. The van der Waals surface area contributed by atoms with E-state index >= 15 is 0 Å². The lowest BCUT2D eigenvalue weighted by atomic mass is 10.1. The first kappa shape index (κ1) is 15.9. The molecule has 0 spiro atoms. The van der Waals surface area contributed by atoms with E-state index < -0.39 is 0 Å². The molecule has 5 heteroatoms. The minimum Gasteiger partial charge on any atom is -0.354 e. The number of hydrogen-bond acceptors (Lipinski definition) is 5. The molecule has 2 aromatic rings. The van der Waals surface area contributed by atoms with Crippen LogP contribution >= 0.6 is 11.3 Å². The molecule has 0 aliphatic carbocycles. The van der Waals surface area contributed by atoms with Gasteiger partial charge in [0.1, 0.15) is 5.82 Å². The summed E-state index contributed by atoms with van der Waals surface area (Å²) in [5, 5.41) is 5.48. The van der Waals surface area contributed by atoms with Crippen LogP contribution in [0.1, 0.15) is 37.2 Å². The summed E-state index contributed by atoms with van der Waals surface area (Å²) in [5.74, 6) is 1.03. The first-order valence-electron chi connectivity index (χ1n) is 7.51. The molecule has 0 radical (unpaired) electrons. The zero-order chi connectivity index (χ0) is 15.1. The number of anilines is 1. The van der Waals surface area contributed by atoms with Gasteiger partial charge in [0.25, 0.3) is 0 Å². The van der Waals surface area contributed by atoms with E-state index in [-0.39, 0.29) is 0 Å². The molecule has 0 atom stereocenters. The summed E-state index contributed by atoms with van der Waals surface area (Å²) in [4.78, 5) is 11.3. The maximum absolute atomic E-state index is 4.79. The van der Waals surface area contributed by atoms with Crippen LogP contribution in [0.4, 0.5) is 5.82 Å². The van der Waals surface area contributed by atoms with Crippen LogP contribution in [-0.2, 0) is 19.5 Å². The van der Waals surface area contributed by atoms with E-state index in [4.69, 9.17) is 4.98 Å². The largest absolute Gasteiger partial charge is 0.354 e. The molecule has 0 aliphatic rings. The lowest BCUT2D eigenvalue weighted by Gasteiger charge is -2.19. The average Bonchev–Trinajstić information content (AvgIpc) is 2.98. The topological polar surface area (TPSA) is 41.0 Å². The van der Waals surface area contributed by atoms with Gasteiger partial charge in [-0.1, -0.05) is 20.3 Å². The van der Waals surface area contributed by atoms with Crippen molar-refractivity contribution in [2.75, 3.05) is 18.5 Å². The van der Waals surface area contributed by atoms with Crippen LogP contribution in [0.2, 0.25) is 0 Å². The van der Waals surface area contributed by atoms with Crippen LogP contribution in [0.5, 0.6) is 0 Å². The molecule has 4 nitrogen and oxygen atoms in total. The van der Waals surface area contributed by atoms with Crippen LogP contribution in [0.25, 0.3) is 0 Å². The molecule has 0 bridgehead atoms. The normalized spacial score (nSPS) is 10.8. The van der Waals surface area contributed by atoms with Gasteiger partial charge in [-0.3, -0.25) is 0 Å². The molecular formula is C16H24N4S. The van der Waals surface area contributed by atoms with Gasteiger partial charge in [-0.05, 0) is 30.7 Å². The summed E-state index contributed by atoms with van der Waals surface area (Å²) in [6.07, 6.45) is 2.14. The van der Waals surface area contributed by atoms with Crippen LogP contribution in [0, 0.1) is 0 Å². The van der Waals surface area contributed by atoms with Crippen molar-refractivity contribution in [1.82, 2.24) is 15.3 Å². The molecule has 0 fully saturated rings. The Balaban J connectivity index is 2.17. The third-order valence-corrected chi connectivity index (χ3v) is 3.92. The Hall–Kier alpha value is -1.46. The number of pyridine rings is 1. The van der Waals surface area contributed by atoms with Crippen LogP contribution < -0.4 is 10.2 Å². The fourth-order valence-corrected chi connectivity index (χ4v) is 2.77. The van der Waals surface area contributed by atoms with E-state index in [1.165, 1.54) is 11.3 Å². The molecule has 1 N–H and O–H groups in total. The molecule has 0 aliphatic heterocycles. The Kier molecular flexibility index (Phi) is 6.14. The first-order chi connectivity index (χ1) is 10.2. The molecule has 0 amide bonds. The molecule has 0 aromatic carbocycles. The van der Waals surface area contributed by atoms with Crippen molar-refractivity contribution >= 4 is 17.2 Å². The number of nitrogens with zero attached hydrogens (tertiary/aromatic N) is 3. The van der Waals surface area contributed by atoms with Crippen molar-refractivity contribution < 1.29 is 0 Å². The molecule has 114 valence electrons. The maximum atomic E-state index is 4.79. The SMILES string of the molecule is CCCc1cc(CNCC)cc(N(C)Cc2cscn2)n1. The third-order valence-electron chi connectivity index (χ3n) is 3.28. The Labute approximate surface area is 131 Å². The Morgan fingerprint density at radius 2 is 2.10 bits per heavy atom. The van der Waals surface area contributed by atoms with Gasteiger partial charge in [-0.2, -0.15) is 0 Å². The van der Waals surface area contributed by atoms with Crippen molar-refractivity contribution in [2.24, 2.45) is 0 Å². The molecule has 0 unspecified atom stereocenters. The van der Waals surface area contributed by atoms with Gasteiger partial charge >= 0.3 is 0 Å². The summed E-state index contributed by atoms with van der Waals surface area (Å²) in [7, 11) is 2.08. The number of aryl methyl sites for hydroxylation is 1. The van der Waals surface area contributed by atoms with E-state index in [0.29, 0.717) is 0 Å². The second kappa shape index (κ2) is 8.10. The lowest BCUT2D eigenvalue weighted by Crippen LogP contribution is -2.19. The van der Waals surface area contributed by atoms with Gasteiger partial charge in [0, 0.05) is 24.7 Å². The van der Waals surface area contributed by atoms with E-state index in [0.717, 1.165) is 44.0 Å². The highest BCUT2D eigenvalue weighted by Crippen LogP contribution is 2.17. The standard InChI is InChI=1S/C16H24N4S/c1-4-6-14-7-13(9-17-5-2)8-16(19-14)20(3)10-15-11-21-12-18-15/h7-8,11-12,17H,4-6,9-10H2,1-3H3. The monoisotopic (exact) mass is 304 g/mol. The van der Waals surface area contributed by atoms with Gasteiger partial charge in [-0.25, -0.2) is 9.97 Å². The zero-order valence-corrected chi connectivity index (χ0v) is 13.9. The van der Waals surface area contributed by atoms with E-state index in [1.807, 2.05) is 5.51 Å². The highest BCUT2D eigenvalue weighted by molar-refractivity contribution is 7.07. The van der Waals surface area contributed by atoms with Gasteiger partial charge < -0.3 is 10.2 Å². The Morgan fingerprint density at radius 3 is 2.76 bits per heavy atom. The second-order valence-corrected chi connectivity index (χ2v) is 5.91. The van der Waals surface area contributed by atoms with Gasteiger partial charge in [0.15, 0.2) is 0 Å². The number of hydrogen-bond donors (Lipinski definition) is 1. The number of rotatable bonds is 8. The average molecular weight is 304 g/mol. The second-order valence-electron chi connectivity index (χ2n) is 5.19. The van der Waals surface area contributed by atoms with Crippen molar-refractivity contribution in [3.05, 3.63) is 40.0 Å². The fourth-order valence-electron chi connectivity index (χ4n) is 2.22. The van der Waals surface area contributed by atoms with Crippen molar-refractivity contribution in [3.63, 3.8) is 0 Å². The van der Waals surface area contributed by atoms with Crippen molar-refractivity contribution in [3.8, 4) is 0 Å². The lowest BCUT2D eigenvalue weighted by molar-refractivity contribution is 0.721. The minimum absolute atomic E-state index is 0.798. The molecule has 2 aromatic heterocycles. The predicted octanol–water partition coefficient (Wildman–Crippen LogP) is 3.24. The highest BCUT2D eigenvalue weighted by atomic mass is 32.1. The number of nitrogens with one attached hydrogen (secondary N) is 1.